The van der Waals surface area contributed by atoms with Crippen LogP contribution in [0.5, 0.6) is 0 Å². The first-order valence-electron chi connectivity index (χ1n) is 6.37. The third-order valence-electron chi connectivity index (χ3n) is 2.33. The summed E-state index contributed by atoms with van der Waals surface area (Å²) in [5.74, 6) is 0.487. The second-order valence-electron chi connectivity index (χ2n) is 4.01. The van der Waals surface area contributed by atoms with Crippen LogP contribution >= 0.6 is 0 Å². The molecule has 6 heteroatoms. The molecule has 19 heavy (non-hydrogen) atoms. The number of furan rings is 1. The number of aliphatic hydroxyl groups is 1. The Morgan fingerprint density at radius 1 is 1.58 bits per heavy atom. The first-order chi connectivity index (χ1) is 9.22. The zero-order valence-corrected chi connectivity index (χ0v) is 11.1. The monoisotopic (exact) mass is 271 g/mol. The molecular formula is C13H21NO5. The van der Waals surface area contributed by atoms with Crippen molar-refractivity contribution in [3.63, 3.8) is 0 Å². The van der Waals surface area contributed by atoms with E-state index in [0.29, 0.717) is 32.7 Å². The maximum atomic E-state index is 11.0. The van der Waals surface area contributed by atoms with Crippen molar-refractivity contribution >= 4 is 5.97 Å². The Morgan fingerprint density at radius 2 is 2.42 bits per heavy atom. The van der Waals surface area contributed by atoms with Gasteiger partial charge in [-0.3, -0.25) is 4.79 Å². The molecule has 0 aliphatic rings. The van der Waals surface area contributed by atoms with Crippen molar-refractivity contribution in [1.82, 2.24) is 5.32 Å². The molecule has 0 bridgehead atoms. The molecule has 1 aromatic heterocycles. The Labute approximate surface area is 112 Å². The Balaban J connectivity index is 1.96. The molecule has 1 unspecified atom stereocenters. The topological polar surface area (TPSA) is 80.9 Å². The van der Waals surface area contributed by atoms with E-state index in [1.165, 1.54) is 0 Å². The van der Waals surface area contributed by atoms with Crippen LogP contribution in [0.2, 0.25) is 0 Å². The Morgan fingerprint density at radius 3 is 3.11 bits per heavy atom. The smallest absolute Gasteiger partial charge is 0.307 e. The van der Waals surface area contributed by atoms with Gasteiger partial charge in [0.25, 0.3) is 0 Å². The summed E-state index contributed by atoms with van der Waals surface area (Å²) < 4.78 is 15.1. The molecule has 1 rings (SSSR count). The van der Waals surface area contributed by atoms with Gasteiger partial charge in [-0.2, -0.15) is 0 Å². The number of hydrogen-bond acceptors (Lipinski definition) is 6. The third kappa shape index (κ3) is 7.61. The summed E-state index contributed by atoms with van der Waals surface area (Å²) in [5, 5.41) is 12.6. The number of rotatable bonds is 10. The van der Waals surface area contributed by atoms with Crippen LogP contribution in [0.1, 0.15) is 19.1 Å². The molecule has 0 aliphatic carbocycles. The highest BCUT2D eigenvalue weighted by atomic mass is 16.5. The van der Waals surface area contributed by atoms with Gasteiger partial charge in [0.05, 0.1) is 32.0 Å². The fourth-order valence-electron chi connectivity index (χ4n) is 1.44. The highest BCUT2D eigenvalue weighted by Crippen LogP contribution is 2.01. The van der Waals surface area contributed by atoms with E-state index in [2.05, 4.69) is 5.32 Å². The van der Waals surface area contributed by atoms with Gasteiger partial charge in [-0.25, -0.2) is 0 Å². The highest BCUT2D eigenvalue weighted by molar-refractivity contribution is 5.69. The summed E-state index contributed by atoms with van der Waals surface area (Å²) in [6, 6.07) is 3.59. The number of hydrogen-bond donors (Lipinski definition) is 2. The lowest BCUT2D eigenvalue weighted by molar-refractivity contribution is -0.143. The van der Waals surface area contributed by atoms with Crippen LogP contribution in [0.3, 0.4) is 0 Å². The second-order valence-corrected chi connectivity index (χ2v) is 4.01. The maximum Gasteiger partial charge on any atom is 0.307 e. The van der Waals surface area contributed by atoms with E-state index >= 15 is 0 Å². The van der Waals surface area contributed by atoms with Crippen molar-refractivity contribution in [2.24, 2.45) is 0 Å². The SMILES string of the molecule is CCOC(=O)CCNCC(O)COCc1ccco1. The van der Waals surface area contributed by atoms with Crippen molar-refractivity contribution in [2.75, 3.05) is 26.3 Å². The summed E-state index contributed by atoms with van der Waals surface area (Å²) in [6.07, 6.45) is 1.26. The van der Waals surface area contributed by atoms with E-state index in [1.807, 2.05) is 6.07 Å². The van der Waals surface area contributed by atoms with Gasteiger partial charge in [0.1, 0.15) is 12.4 Å². The van der Waals surface area contributed by atoms with Crippen molar-refractivity contribution in [2.45, 2.75) is 26.1 Å². The lowest BCUT2D eigenvalue weighted by atomic mass is 10.3. The molecule has 0 saturated carbocycles. The molecule has 6 nitrogen and oxygen atoms in total. The molecule has 108 valence electrons. The summed E-state index contributed by atoms with van der Waals surface area (Å²) in [5.41, 5.74) is 0. The molecule has 0 amide bonds. The summed E-state index contributed by atoms with van der Waals surface area (Å²) in [4.78, 5) is 11.0. The standard InChI is InChI=1S/C13H21NO5/c1-2-18-13(16)5-6-14-8-11(15)9-17-10-12-4-3-7-19-12/h3-4,7,11,14-15H,2,5-6,8-10H2,1H3. The number of nitrogens with one attached hydrogen (secondary N) is 1. The van der Waals surface area contributed by atoms with E-state index in [1.54, 1.807) is 19.3 Å². The molecule has 0 aromatic carbocycles. The number of aliphatic hydroxyl groups excluding tert-OH is 1. The van der Waals surface area contributed by atoms with Gasteiger partial charge in [-0.15, -0.1) is 0 Å². The molecule has 2 N–H and O–H groups in total. The zero-order valence-electron chi connectivity index (χ0n) is 11.1. The number of ether oxygens (including phenoxy) is 2. The average Bonchev–Trinajstić information content (AvgIpc) is 2.88. The Bertz CT molecular complexity index is 339. The van der Waals surface area contributed by atoms with E-state index in [4.69, 9.17) is 13.9 Å². The van der Waals surface area contributed by atoms with Crippen LogP contribution in [0.4, 0.5) is 0 Å². The normalized spacial score (nSPS) is 12.3. The molecule has 1 atom stereocenters. The predicted molar refractivity (Wildman–Crippen MR) is 68.5 cm³/mol. The first kappa shape index (κ1) is 15.7. The second kappa shape index (κ2) is 9.55. The van der Waals surface area contributed by atoms with Crippen LogP contribution < -0.4 is 5.32 Å². The summed E-state index contributed by atoms with van der Waals surface area (Å²) in [6.45, 7) is 3.57. The van der Waals surface area contributed by atoms with Gasteiger partial charge in [0.15, 0.2) is 0 Å². The molecule has 1 aromatic rings. The van der Waals surface area contributed by atoms with Crippen LogP contribution in [0.15, 0.2) is 22.8 Å². The number of esters is 1. The zero-order chi connectivity index (χ0) is 13.9. The minimum atomic E-state index is -0.614. The van der Waals surface area contributed by atoms with Crippen LogP contribution in [-0.2, 0) is 20.9 Å². The number of carbonyl (C=O) groups excluding carboxylic acids is 1. The van der Waals surface area contributed by atoms with Crippen LogP contribution in [0, 0.1) is 0 Å². The summed E-state index contributed by atoms with van der Waals surface area (Å²) in [7, 11) is 0. The molecule has 0 spiro atoms. The molecule has 0 saturated heterocycles. The van der Waals surface area contributed by atoms with Crippen LogP contribution in [-0.4, -0.2) is 43.5 Å². The van der Waals surface area contributed by atoms with Gasteiger partial charge >= 0.3 is 5.97 Å². The predicted octanol–water partition coefficient (Wildman–Crippen LogP) is 0.700. The van der Waals surface area contributed by atoms with E-state index < -0.39 is 6.10 Å². The van der Waals surface area contributed by atoms with Crippen molar-refractivity contribution < 1.29 is 23.8 Å². The minimum Gasteiger partial charge on any atom is -0.467 e. The first-order valence-corrected chi connectivity index (χ1v) is 6.37. The molecular weight excluding hydrogens is 250 g/mol. The van der Waals surface area contributed by atoms with Crippen LogP contribution in [0.25, 0.3) is 0 Å². The average molecular weight is 271 g/mol. The molecule has 0 aliphatic heterocycles. The van der Waals surface area contributed by atoms with Crippen molar-refractivity contribution in [3.8, 4) is 0 Å². The Hall–Kier alpha value is -1.37. The largest absolute Gasteiger partial charge is 0.467 e. The molecule has 1 heterocycles. The highest BCUT2D eigenvalue weighted by Gasteiger charge is 2.06. The fraction of sp³-hybridized carbons (Fsp3) is 0.615. The quantitative estimate of drug-likeness (QED) is 0.481. The lowest BCUT2D eigenvalue weighted by Crippen LogP contribution is -2.31. The van der Waals surface area contributed by atoms with Crippen molar-refractivity contribution in [3.05, 3.63) is 24.2 Å². The number of carbonyl (C=O) groups is 1. The Kier molecular flexibility index (Phi) is 7.88. The summed E-state index contributed by atoms with van der Waals surface area (Å²) >= 11 is 0. The van der Waals surface area contributed by atoms with E-state index in [-0.39, 0.29) is 12.6 Å². The van der Waals surface area contributed by atoms with Gasteiger partial charge in [0.2, 0.25) is 0 Å². The third-order valence-corrected chi connectivity index (χ3v) is 2.33. The fourth-order valence-corrected chi connectivity index (χ4v) is 1.44. The van der Waals surface area contributed by atoms with Gasteiger partial charge in [-0.1, -0.05) is 0 Å². The lowest BCUT2D eigenvalue weighted by Gasteiger charge is -2.11. The van der Waals surface area contributed by atoms with Gasteiger partial charge in [-0.05, 0) is 19.1 Å². The minimum absolute atomic E-state index is 0.215. The molecule has 0 fully saturated rings. The van der Waals surface area contributed by atoms with E-state index in [9.17, 15) is 9.90 Å². The maximum absolute atomic E-state index is 11.0. The van der Waals surface area contributed by atoms with E-state index in [0.717, 1.165) is 5.76 Å². The molecule has 0 radical (unpaired) electrons. The van der Waals surface area contributed by atoms with Gasteiger partial charge in [0, 0.05) is 13.1 Å². The van der Waals surface area contributed by atoms with Crippen molar-refractivity contribution in [1.29, 1.82) is 0 Å². The van der Waals surface area contributed by atoms with Gasteiger partial charge < -0.3 is 24.3 Å².